The molecule has 1 aliphatic rings. The van der Waals surface area contributed by atoms with Crippen LogP contribution in [-0.4, -0.2) is 37.3 Å². The summed E-state index contributed by atoms with van der Waals surface area (Å²) in [7, 11) is 0. The van der Waals surface area contributed by atoms with E-state index in [1.165, 1.54) is 5.56 Å². The Kier molecular flexibility index (Phi) is 23.5. The number of nitrogens with zero attached hydrogens (tertiary/aromatic N) is 2. The number of ether oxygens (including phenoxy) is 1. The van der Waals surface area contributed by atoms with Crippen molar-refractivity contribution in [2.24, 2.45) is 16.6 Å². The van der Waals surface area contributed by atoms with Crippen molar-refractivity contribution in [3.05, 3.63) is 73.9 Å². The van der Waals surface area contributed by atoms with Crippen LogP contribution < -0.4 is 21.5 Å². The Labute approximate surface area is 325 Å². The van der Waals surface area contributed by atoms with E-state index < -0.39 is 0 Å². The van der Waals surface area contributed by atoms with E-state index in [0.717, 1.165) is 83.6 Å². The van der Waals surface area contributed by atoms with Crippen LogP contribution in [0.4, 0.5) is 5.69 Å². The predicted molar refractivity (Wildman–Crippen MR) is 227 cm³/mol. The van der Waals surface area contributed by atoms with E-state index >= 15 is 0 Å². The fourth-order valence-electron chi connectivity index (χ4n) is 5.63. The van der Waals surface area contributed by atoms with Crippen molar-refractivity contribution < 1.29 is 9.53 Å². The Bertz CT molecular complexity index is 1600. The van der Waals surface area contributed by atoms with Crippen LogP contribution in [0, 0.1) is 39.2 Å². The second-order valence-corrected chi connectivity index (χ2v) is 13.3. The molecule has 1 saturated carbocycles. The maximum atomic E-state index is 11.0. The molecule has 52 heavy (non-hydrogen) atoms. The van der Waals surface area contributed by atoms with Gasteiger partial charge in [-0.2, -0.15) is 0 Å². The summed E-state index contributed by atoms with van der Waals surface area (Å²) in [5.41, 5.74) is 19.1. The highest BCUT2D eigenvalue weighted by atomic mass is 35.5. The smallest absolute Gasteiger partial charge is 0.207 e. The minimum atomic E-state index is -0.202. The molecule has 5 N–H and O–H groups in total. The zero-order valence-corrected chi connectivity index (χ0v) is 35.4. The van der Waals surface area contributed by atoms with Crippen LogP contribution in [0.3, 0.4) is 0 Å². The standard InChI is InChI=1S/C24H30Cl2N2O.C13H20N2O.C2H3N.2C2H6/c1-6-14(2)19-11-20(24(5,12-27-13-29)17-8-9-17)28-23(16(19)4)18-10-7-15(3)21(25)22(18)26;1-4-6-15-9-11-7-10(3)8-12(13(11)14)16-5-2;1-2-3;2*1-2/h7,10-11,13-14,17H,6,8-9,12H2,1-5H3,(H,27,29);7-9H,4-6,14H2,1-3H3;1H,3H2;2*1-2H3. The molecule has 0 radical (unpaired) electrons. The van der Waals surface area contributed by atoms with Gasteiger partial charge >= 0.3 is 0 Å². The summed E-state index contributed by atoms with van der Waals surface area (Å²) in [6.07, 6.45) is 11.4. The summed E-state index contributed by atoms with van der Waals surface area (Å²) in [5, 5.41) is 4.03. The quantitative estimate of drug-likeness (QED) is 0.0528. The van der Waals surface area contributed by atoms with Crippen LogP contribution in [-0.2, 0) is 10.2 Å². The monoisotopic (exact) mass is 753 g/mol. The van der Waals surface area contributed by atoms with Gasteiger partial charge in [-0.15, -0.1) is 0 Å². The first kappa shape index (κ1) is 48.3. The molecule has 2 atom stereocenters. The molecule has 1 aliphatic carbocycles. The fraction of sp³-hybridized carbons (Fsp3) is 0.512. The first-order valence-electron chi connectivity index (χ1n) is 18.7. The third kappa shape index (κ3) is 13.7. The molecule has 1 heterocycles. The van der Waals surface area contributed by atoms with E-state index in [-0.39, 0.29) is 5.41 Å². The number of carbonyl (C=O) groups excluding carboxylic acids is 1. The average molecular weight is 755 g/mol. The minimum Gasteiger partial charge on any atom is -0.492 e. The van der Waals surface area contributed by atoms with E-state index in [1.54, 1.807) is 6.04 Å². The Morgan fingerprint density at radius 3 is 2.23 bits per heavy atom. The van der Waals surface area contributed by atoms with Gasteiger partial charge in [0.15, 0.2) is 0 Å². The van der Waals surface area contributed by atoms with E-state index in [1.807, 2.05) is 78.9 Å². The third-order valence-electron chi connectivity index (χ3n) is 8.80. The highest BCUT2D eigenvalue weighted by molar-refractivity contribution is 6.44. The molecule has 4 rings (SSSR count). The molecule has 0 aliphatic heterocycles. The lowest BCUT2D eigenvalue weighted by molar-refractivity contribution is -0.109. The number of hydrogen-bond donors (Lipinski definition) is 3. The van der Waals surface area contributed by atoms with E-state index in [4.69, 9.17) is 38.7 Å². The molecule has 2 unspecified atom stereocenters. The van der Waals surface area contributed by atoms with Gasteiger partial charge in [0.05, 0.1) is 28.0 Å². The Morgan fingerprint density at radius 2 is 1.71 bits per heavy atom. The summed E-state index contributed by atoms with van der Waals surface area (Å²) in [6.45, 7) is 26.9. The molecule has 288 valence electrons. The Balaban J connectivity index is 0.000000955. The number of nitrogen functional groups attached to an aromatic ring is 1. The number of carbonyl (C=O) groups is 1. The highest BCUT2D eigenvalue weighted by Gasteiger charge is 2.44. The van der Waals surface area contributed by atoms with Gasteiger partial charge in [-0.05, 0) is 112 Å². The van der Waals surface area contributed by atoms with Crippen LogP contribution in [0.1, 0.15) is 127 Å². The molecule has 1 fully saturated rings. The fourth-order valence-corrected chi connectivity index (χ4v) is 6.09. The van der Waals surface area contributed by atoms with Crippen molar-refractivity contribution in [3.63, 3.8) is 0 Å². The van der Waals surface area contributed by atoms with Gasteiger partial charge in [-0.1, -0.05) is 97.1 Å². The van der Waals surface area contributed by atoms with Crippen molar-refractivity contribution in [1.29, 1.82) is 0 Å². The van der Waals surface area contributed by atoms with Crippen LogP contribution in [0.25, 0.3) is 11.3 Å². The molecule has 9 heteroatoms. The van der Waals surface area contributed by atoms with Crippen LogP contribution in [0.5, 0.6) is 5.75 Å². The number of rotatable bonds is 13. The summed E-state index contributed by atoms with van der Waals surface area (Å²) in [5.74, 6) is 1.68. The number of benzene rings is 2. The van der Waals surface area contributed by atoms with E-state index in [0.29, 0.717) is 40.7 Å². The summed E-state index contributed by atoms with van der Waals surface area (Å²) < 4.78 is 5.48. The molecule has 1 aromatic heterocycles. The van der Waals surface area contributed by atoms with E-state index in [2.05, 4.69) is 63.2 Å². The summed E-state index contributed by atoms with van der Waals surface area (Å²) >= 11 is 13.1. The number of anilines is 1. The number of aliphatic imine (C=N–C) groups is 1. The molecule has 7 nitrogen and oxygen atoms in total. The molecular formula is C43H65Cl2N5O2. The molecule has 1 amide bonds. The SMILES string of the molecule is C#CN.CC.CC.CCC(C)c1cc(C(C)(CNC=O)C2CC2)nc(-c2ccc(C)c(Cl)c2Cl)c1C.CCCN=Cc1cc(C)cc(OCC)c1N. The van der Waals surface area contributed by atoms with Crippen molar-refractivity contribution in [3.8, 4) is 29.5 Å². The van der Waals surface area contributed by atoms with Crippen molar-refractivity contribution in [2.75, 3.05) is 25.4 Å². The first-order valence-corrected chi connectivity index (χ1v) is 19.4. The first-order chi connectivity index (χ1) is 24.8. The third-order valence-corrected chi connectivity index (χ3v) is 9.78. The lowest BCUT2D eigenvalue weighted by Crippen LogP contribution is -2.38. The van der Waals surface area contributed by atoms with E-state index in [9.17, 15) is 4.79 Å². The topological polar surface area (TPSA) is 116 Å². The number of halogens is 2. The van der Waals surface area contributed by atoms with Gasteiger partial charge in [0.1, 0.15) is 5.75 Å². The van der Waals surface area contributed by atoms with Crippen LogP contribution in [0.15, 0.2) is 35.3 Å². The van der Waals surface area contributed by atoms with Gasteiger partial charge in [0.25, 0.3) is 0 Å². The minimum absolute atomic E-state index is 0.202. The summed E-state index contributed by atoms with van der Waals surface area (Å²) in [6, 6.07) is 12.0. The van der Waals surface area contributed by atoms with Crippen molar-refractivity contribution in [2.45, 2.75) is 120 Å². The van der Waals surface area contributed by atoms with Gasteiger partial charge in [-0.25, -0.2) is 0 Å². The molecule has 3 aromatic rings. The Morgan fingerprint density at radius 1 is 1.10 bits per heavy atom. The average Bonchev–Trinajstić information content (AvgIpc) is 4.01. The molecule has 0 saturated heterocycles. The molecule has 2 aromatic carbocycles. The number of amides is 1. The second-order valence-electron chi connectivity index (χ2n) is 12.5. The zero-order valence-electron chi connectivity index (χ0n) is 33.8. The largest absolute Gasteiger partial charge is 0.492 e. The van der Waals surface area contributed by atoms with Crippen molar-refractivity contribution in [1.82, 2.24) is 10.3 Å². The zero-order chi connectivity index (χ0) is 40.0. The van der Waals surface area contributed by atoms with Crippen LogP contribution in [0.2, 0.25) is 10.0 Å². The molecule has 0 spiro atoms. The van der Waals surface area contributed by atoms with Crippen LogP contribution >= 0.6 is 23.2 Å². The van der Waals surface area contributed by atoms with Gasteiger partial charge < -0.3 is 21.5 Å². The summed E-state index contributed by atoms with van der Waals surface area (Å²) in [4.78, 5) is 20.5. The predicted octanol–water partition coefficient (Wildman–Crippen LogP) is 11.0. The molecular weight excluding hydrogens is 689 g/mol. The Hall–Kier alpha value is -3.73. The molecule has 0 bridgehead atoms. The highest BCUT2D eigenvalue weighted by Crippen LogP contribution is 2.48. The number of pyridine rings is 1. The normalized spacial score (nSPS) is 13.2. The number of aryl methyl sites for hydroxylation is 2. The van der Waals surface area contributed by atoms with Gasteiger partial charge in [-0.3, -0.25) is 14.8 Å². The maximum Gasteiger partial charge on any atom is 0.207 e. The second kappa shape index (κ2) is 25.3. The number of hydrogen-bond acceptors (Lipinski definition) is 6. The lowest BCUT2D eigenvalue weighted by atomic mass is 9.78. The maximum absolute atomic E-state index is 11.0. The number of aromatic nitrogens is 1. The van der Waals surface area contributed by atoms with Gasteiger partial charge in [0.2, 0.25) is 6.41 Å². The lowest BCUT2D eigenvalue weighted by Gasteiger charge is -2.31. The van der Waals surface area contributed by atoms with Gasteiger partial charge in [0, 0.05) is 41.5 Å². The van der Waals surface area contributed by atoms with Crippen molar-refractivity contribution >= 4 is 41.5 Å². The number of nitrogens with one attached hydrogen (secondary N) is 1. The number of nitrogens with two attached hydrogens (primary N) is 2. The number of terminal acetylenes is 1.